The topological polar surface area (TPSA) is 81.8 Å². The van der Waals surface area contributed by atoms with Crippen molar-refractivity contribution in [1.29, 1.82) is 0 Å². The fourth-order valence-corrected chi connectivity index (χ4v) is 3.28. The van der Waals surface area contributed by atoms with E-state index in [1.165, 1.54) is 6.42 Å². The molecule has 0 aromatic rings. The molecule has 130 valence electrons. The summed E-state index contributed by atoms with van der Waals surface area (Å²) >= 11 is 0. The number of carbonyl (C=O) groups is 3. The number of hydrogen-bond donors (Lipinski definition) is 2. The highest BCUT2D eigenvalue weighted by Crippen LogP contribution is 2.21. The van der Waals surface area contributed by atoms with Crippen LogP contribution in [0.15, 0.2) is 0 Å². The van der Waals surface area contributed by atoms with Crippen LogP contribution in [0.2, 0.25) is 0 Å². The summed E-state index contributed by atoms with van der Waals surface area (Å²) in [5.41, 5.74) is 0. The predicted octanol–water partition coefficient (Wildman–Crippen LogP) is 0.557. The molecule has 2 saturated heterocycles. The molecular formula is C16H28N4O3. The van der Waals surface area contributed by atoms with Gasteiger partial charge in [0.05, 0.1) is 6.54 Å². The smallest absolute Gasteiger partial charge is 0.321 e. The van der Waals surface area contributed by atoms with E-state index >= 15 is 0 Å². The molecule has 2 aliphatic heterocycles. The summed E-state index contributed by atoms with van der Waals surface area (Å²) in [4.78, 5) is 39.6. The van der Waals surface area contributed by atoms with Gasteiger partial charge < -0.3 is 10.2 Å². The Morgan fingerprint density at radius 1 is 1.00 bits per heavy atom. The molecule has 0 spiro atoms. The van der Waals surface area contributed by atoms with Crippen LogP contribution in [0.1, 0.15) is 39.0 Å². The van der Waals surface area contributed by atoms with E-state index in [1.54, 1.807) is 6.92 Å². The Morgan fingerprint density at radius 2 is 1.65 bits per heavy atom. The van der Waals surface area contributed by atoms with E-state index in [0.29, 0.717) is 6.54 Å². The number of nitrogens with zero attached hydrogens (tertiary/aromatic N) is 2. The molecule has 2 N–H and O–H groups in total. The molecule has 0 saturated carbocycles. The lowest BCUT2D eigenvalue weighted by molar-refractivity contribution is -0.138. The molecule has 0 aromatic heterocycles. The molecule has 0 radical (unpaired) electrons. The van der Waals surface area contributed by atoms with Crippen molar-refractivity contribution in [3.63, 3.8) is 0 Å². The molecule has 0 unspecified atom stereocenters. The Hall–Kier alpha value is -1.63. The number of urea groups is 1. The van der Waals surface area contributed by atoms with Gasteiger partial charge in [-0.2, -0.15) is 0 Å². The number of rotatable bonds is 4. The Morgan fingerprint density at radius 3 is 2.26 bits per heavy atom. The average molecular weight is 324 g/mol. The van der Waals surface area contributed by atoms with Crippen molar-refractivity contribution in [3.8, 4) is 0 Å². The molecule has 7 heteroatoms. The van der Waals surface area contributed by atoms with Crippen LogP contribution >= 0.6 is 0 Å². The molecule has 2 aliphatic rings. The molecule has 0 aromatic carbocycles. The lowest BCUT2D eigenvalue weighted by atomic mass is 9.94. The first-order valence-corrected chi connectivity index (χ1v) is 8.69. The minimum Gasteiger partial charge on any atom is -0.342 e. The SMILES string of the molecule is CCNC(=O)NC(=O)CN1CCC(C(=O)N2CCCCC2)CC1. The first kappa shape index (κ1) is 17.7. The molecule has 2 fully saturated rings. The molecule has 4 amide bonds. The molecular weight excluding hydrogens is 296 g/mol. The van der Waals surface area contributed by atoms with Crippen LogP contribution in [-0.2, 0) is 9.59 Å². The minimum atomic E-state index is -0.451. The maximum Gasteiger partial charge on any atom is 0.321 e. The summed E-state index contributed by atoms with van der Waals surface area (Å²) in [6.45, 7) is 5.75. The van der Waals surface area contributed by atoms with Crippen molar-refractivity contribution in [3.05, 3.63) is 0 Å². The van der Waals surface area contributed by atoms with Crippen LogP contribution in [0.5, 0.6) is 0 Å². The fourth-order valence-electron chi connectivity index (χ4n) is 3.28. The minimum absolute atomic E-state index is 0.0933. The zero-order valence-electron chi connectivity index (χ0n) is 14.0. The van der Waals surface area contributed by atoms with E-state index in [-0.39, 0.29) is 24.3 Å². The largest absolute Gasteiger partial charge is 0.342 e. The third-order valence-corrected chi connectivity index (χ3v) is 4.56. The molecule has 0 aliphatic carbocycles. The number of amides is 4. The van der Waals surface area contributed by atoms with E-state index in [0.717, 1.165) is 51.9 Å². The number of imide groups is 1. The second kappa shape index (κ2) is 8.86. The van der Waals surface area contributed by atoms with E-state index in [9.17, 15) is 14.4 Å². The van der Waals surface area contributed by atoms with Crippen molar-refractivity contribution < 1.29 is 14.4 Å². The Bertz CT molecular complexity index is 427. The monoisotopic (exact) mass is 324 g/mol. The van der Waals surface area contributed by atoms with E-state index in [1.807, 2.05) is 9.80 Å². The van der Waals surface area contributed by atoms with Crippen molar-refractivity contribution in [2.24, 2.45) is 5.92 Å². The molecule has 0 bridgehead atoms. The lowest BCUT2D eigenvalue weighted by Crippen LogP contribution is -2.48. The molecule has 2 rings (SSSR count). The fraction of sp³-hybridized carbons (Fsp3) is 0.812. The van der Waals surface area contributed by atoms with Gasteiger partial charge in [-0.15, -0.1) is 0 Å². The van der Waals surface area contributed by atoms with Crippen LogP contribution < -0.4 is 10.6 Å². The van der Waals surface area contributed by atoms with Gasteiger partial charge >= 0.3 is 6.03 Å². The summed E-state index contributed by atoms with van der Waals surface area (Å²) < 4.78 is 0. The maximum absolute atomic E-state index is 12.5. The Labute approximate surface area is 137 Å². The first-order chi connectivity index (χ1) is 11.1. The zero-order chi connectivity index (χ0) is 16.7. The second-order valence-electron chi connectivity index (χ2n) is 6.34. The third-order valence-electron chi connectivity index (χ3n) is 4.56. The van der Waals surface area contributed by atoms with Gasteiger partial charge in [0.1, 0.15) is 0 Å². The second-order valence-corrected chi connectivity index (χ2v) is 6.34. The Balaban J connectivity index is 1.70. The third kappa shape index (κ3) is 5.49. The van der Waals surface area contributed by atoms with E-state index in [4.69, 9.17) is 0 Å². The van der Waals surface area contributed by atoms with Crippen LogP contribution in [0.25, 0.3) is 0 Å². The number of piperidine rings is 2. The summed E-state index contributed by atoms with van der Waals surface area (Å²) in [7, 11) is 0. The first-order valence-electron chi connectivity index (χ1n) is 8.69. The summed E-state index contributed by atoms with van der Waals surface area (Å²) in [6.07, 6.45) is 5.05. The summed E-state index contributed by atoms with van der Waals surface area (Å²) in [5.74, 6) is 0.0867. The summed E-state index contributed by atoms with van der Waals surface area (Å²) in [5, 5.41) is 4.84. The normalized spacial score (nSPS) is 20.1. The van der Waals surface area contributed by atoms with Crippen molar-refractivity contribution in [2.75, 3.05) is 39.3 Å². The quantitative estimate of drug-likeness (QED) is 0.791. The number of likely N-dealkylation sites (tertiary alicyclic amines) is 2. The van der Waals surface area contributed by atoms with Crippen LogP contribution in [-0.4, -0.2) is 66.9 Å². The van der Waals surface area contributed by atoms with Crippen molar-refractivity contribution in [1.82, 2.24) is 20.4 Å². The van der Waals surface area contributed by atoms with Gasteiger partial charge in [-0.3, -0.25) is 19.8 Å². The molecule has 2 heterocycles. The van der Waals surface area contributed by atoms with Gasteiger partial charge in [0.15, 0.2) is 0 Å². The molecule has 0 atom stereocenters. The number of hydrogen-bond acceptors (Lipinski definition) is 4. The summed E-state index contributed by atoms with van der Waals surface area (Å²) in [6, 6.07) is -0.451. The predicted molar refractivity (Wildman–Crippen MR) is 86.8 cm³/mol. The highest BCUT2D eigenvalue weighted by Gasteiger charge is 2.29. The van der Waals surface area contributed by atoms with Crippen LogP contribution in [0.4, 0.5) is 4.79 Å². The molecule has 7 nitrogen and oxygen atoms in total. The maximum atomic E-state index is 12.5. The van der Waals surface area contributed by atoms with Gasteiger partial charge in [-0.1, -0.05) is 0 Å². The van der Waals surface area contributed by atoms with Gasteiger partial charge in [-0.25, -0.2) is 4.79 Å². The molecule has 23 heavy (non-hydrogen) atoms. The Kier molecular flexibility index (Phi) is 6.83. The van der Waals surface area contributed by atoms with E-state index < -0.39 is 6.03 Å². The standard InChI is InChI=1S/C16H28N4O3/c1-2-17-16(23)18-14(21)12-19-10-6-13(7-11-19)15(22)20-8-4-3-5-9-20/h13H,2-12H2,1H3,(H2,17,18,21,23). The van der Waals surface area contributed by atoms with Gasteiger partial charge in [0.2, 0.25) is 11.8 Å². The van der Waals surface area contributed by atoms with Crippen molar-refractivity contribution >= 4 is 17.8 Å². The van der Waals surface area contributed by atoms with Gasteiger partial charge in [0.25, 0.3) is 0 Å². The zero-order valence-corrected chi connectivity index (χ0v) is 14.0. The van der Waals surface area contributed by atoms with Gasteiger partial charge in [0, 0.05) is 25.6 Å². The number of carbonyl (C=O) groups excluding carboxylic acids is 3. The van der Waals surface area contributed by atoms with E-state index in [2.05, 4.69) is 10.6 Å². The average Bonchev–Trinajstić information content (AvgIpc) is 2.56. The van der Waals surface area contributed by atoms with Crippen LogP contribution in [0.3, 0.4) is 0 Å². The number of nitrogens with one attached hydrogen (secondary N) is 2. The highest BCUT2D eigenvalue weighted by atomic mass is 16.2. The van der Waals surface area contributed by atoms with Crippen LogP contribution in [0, 0.1) is 5.92 Å². The van der Waals surface area contributed by atoms with Crippen molar-refractivity contribution in [2.45, 2.75) is 39.0 Å². The highest BCUT2D eigenvalue weighted by molar-refractivity contribution is 5.95. The van der Waals surface area contributed by atoms with Gasteiger partial charge in [-0.05, 0) is 52.1 Å². The lowest BCUT2D eigenvalue weighted by Gasteiger charge is -2.35.